The average molecular weight is 443 g/mol. The van der Waals surface area contributed by atoms with E-state index in [4.69, 9.17) is 11.2 Å². The van der Waals surface area contributed by atoms with Crippen LogP contribution in [-0.2, 0) is 21.3 Å². The summed E-state index contributed by atoms with van der Waals surface area (Å²) in [5.41, 5.74) is 1.22. The number of ether oxygens (including phenoxy) is 1. The minimum absolute atomic E-state index is 0.0471. The Morgan fingerprint density at radius 3 is 2.45 bits per heavy atom. The van der Waals surface area contributed by atoms with E-state index in [2.05, 4.69) is 25.8 Å². The number of terminal acetylenes is 1. The number of benzene rings is 1. The zero-order valence-corrected chi connectivity index (χ0v) is 18.4. The van der Waals surface area contributed by atoms with Gasteiger partial charge >= 0.3 is 0 Å². The molecule has 31 heavy (non-hydrogen) atoms. The van der Waals surface area contributed by atoms with E-state index >= 15 is 0 Å². The lowest BCUT2D eigenvalue weighted by molar-refractivity contribution is -0.00546. The third-order valence-corrected chi connectivity index (χ3v) is 6.21. The first-order valence-electron chi connectivity index (χ1n) is 9.95. The highest BCUT2D eigenvalue weighted by Gasteiger charge is 2.23. The average Bonchev–Trinajstić information content (AvgIpc) is 2.76. The molecule has 1 saturated heterocycles. The van der Waals surface area contributed by atoms with Gasteiger partial charge in [0.05, 0.1) is 23.6 Å². The van der Waals surface area contributed by atoms with Crippen LogP contribution in [0.3, 0.4) is 0 Å². The smallest absolute Gasteiger partial charge is 0.251 e. The van der Waals surface area contributed by atoms with E-state index in [0.717, 1.165) is 24.5 Å². The summed E-state index contributed by atoms with van der Waals surface area (Å²) in [5.74, 6) is 2.79. The first-order chi connectivity index (χ1) is 14.8. The second-order valence-corrected chi connectivity index (χ2v) is 9.19. The highest BCUT2D eigenvalue weighted by Crippen LogP contribution is 2.18. The number of pyridine rings is 1. The molecule has 164 valence electrons. The van der Waals surface area contributed by atoms with Crippen molar-refractivity contribution in [2.24, 2.45) is 0 Å². The van der Waals surface area contributed by atoms with Crippen LogP contribution in [-0.4, -0.2) is 51.2 Å². The Kier molecular flexibility index (Phi) is 7.28. The van der Waals surface area contributed by atoms with E-state index < -0.39 is 10.0 Å². The molecule has 2 heterocycles. The van der Waals surface area contributed by atoms with Gasteiger partial charge in [-0.25, -0.2) is 13.4 Å². The lowest BCUT2D eigenvalue weighted by atomic mass is 10.2. The molecule has 0 bridgehead atoms. The van der Waals surface area contributed by atoms with Gasteiger partial charge in [-0.1, -0.05) is 12.0 Å². The fraction of sp³-hybridized carbons (Fsp3) is 0.364. The molecule has 0 radical (unpaired) electrons. The van der Waals surface area contributed by atoms with Crippen molar-refractivity contribution in [2.75, 3.05) is 24.5 Å². The third kappa shape index (κ3) is 6.04. The molecule has 1 aliphatic heterocycles. The summed E-state index contributed by atoms with van der Waals surface area (Å²) < 4.78 is 32.1. The normalized spacial score (nSPS) is 18.9. The van der Waals surface area contributed by atoms with Crippen LogP contribution >= 0.6 is 0 Å². The van der Waals surface area contributed by atoms with Gasteiger partial charge < -0.3 is 15.0 Å². The number of rotatable bonds is 7. The van der Waals surface area contributed by atoms with Gasteiger partial charge in [-0.15, -0.1) is 6.42 Å². The van der Waals surface area contributed by atoms with Gasteiger partial charge in [0.15, 0.2) is 0 Å². The maximum atomic E-state index is 12.4. The molecule has 2 aromatic rings. The number of nitrogens with one attached hydrogen (secondary N) is 2. The van der Waals surface area contributed by atoms with Crippen molar-refractivity contribution in [1.29, 1.82) is 0 Å². The van der Waals surface area contributed by atoms with Gasteiger partial charge in [-0.2, -0.15) is 4.72 Å². The molecule has 0 spiro atoms. The van der Waals surface area contributed by atoms with Gasteiger partial charge in [-0.05, 0) is 49.7 Å². The molecule has 2 unspecified atom stereocenters. The van der Waals surface area contributed by atoms with Gasteiger partial charge in [0.2, 0.25) is 10.0 Å². The van der Waals surface area contributed by atoms with Crippen molar-refractivity contribution in [2.45, 2.75) is 37.5 Å². The van der Waals surface area contributed by atoms with Crippen LogP contribution < -0.4 is 14.9 Å². The van der Waals surface area contributed by atoms with Crippen LogP contribution in [0.4, 0.5) is 5.82 Å². The van der Waals surface area contributed by atoms with Crippen LogP contribution in [0.2, 0.25) is 0 Å². The molecule has 1 aromatic heterocycles. The molecule has 3 rings (SSSR count). The van der Waals surface area contributed by atoms with E-state index in [1.165, 1.54) is 24.3 Å². The summed E-state index contributed by atoms with van der Waals surface area (Å²) in [6.07, 6.45) is 7.12. The van der Waals surface area contributed by atoms with E-state index in [0.29, 0.717) is 12.1 Å². The molecule has 9 heteroatoms. The van der Waals surface area contributed by atoms with Crippen LogP contribution in [0, 0.1) is 12.3 Å². The minimum Gasteiger partial charge on any atom is -0.372 e. The fourth-order valence-electron chi connectivity index (χ4n) is 3.36. The highest BCUT2D eigenvalue weighted by molar-refractivity contribution is 7.89. The number of carbonyl (C=O) groups is 1. The second-order valence-electron chi connectivity index (χ2n) is 7.42. The minimum atomic E-state index is -3.68. The first-order valence-corrected chi connectivity index (χ1v) is 11.4. The molecule has 2 atom stereocenters. The second kappa shape index (κ2) is 9.92. The summed E-state index contributed by atoms with van der Waals surface area (Å²) in [7, 11) is -3.68. The van der Waals surface area contributed by atoms with Crippen LogP contribution in [0.25, 0.3) is 0 Å². The standard InChI is InChI=1S/C22H26N4O4S/c1-4-11-25-31(28,29)20-8-6-19(7-9-20)22(27)24-13-18-5-10-21(23-12-18)26-14-16(2)30-17(3)15-26/h1,5-10,12,16-17,25H,11,13-15H2,2-3H3,(H,24,27). The Morgan fingerprint density at radius 2 is 1.87 bits per heavy atom. The number of carbonyl (C=O) groups excluding carboxylic acids is 1. The summed E-state index contributed by atoms with van der Waals surface area (Å²) in [6, 6.07) is 9.53. The maximum absolute atomic E-state index is 12.4. The Labute approximate surface area is 183 Å². The summed E-state index contributed by atoms with van der Waals surface area (Å²) in [6.45, 7) is 5.88. The number of hydrogen-bond acceptors (Lipinski definition) is 6. The molecule has 1 aromatic carbocycles. The Balaban J connectivity index is 1.56. The van der Waals surface area contributed by atoms with E-state index in [1.807, 2.05) is 26.0 Å². The molecule has 0 aliphatic carbocycles. The topological polar surface area (TPSA) is 101 Å². The molecule has 8 nitrogen and oxygen atoms in total. The zero-order chi connectivity index (χ0) is 22.4. The molecule has 2 N–H and O–H groups in total. The van der Waals surface area contributed by atoms with Crippen molar-refractivity contribution >= 4 is 21.7 Å². The molecule has 1 aliphatic rings. The van der Waals surface area contributed by atoms with Crippen molar-refractivity contribution in [3.63, 3.8) is 0 Å². The fourth-order valence-corrected chi connectivity index (χ4v) is 4.30. The zero-order valence-electron chi connectivity index (χ0n) is 17.5. The Bertz CT molecular complexity index is 1040. The molecule has 1 fully saturated rings. The third-order valence-electron chi connectivity index (χ3n) is 4.80. The van der Waals surface area contributed by atoms with Crippen molar-refractivity contribution in [3.05, 3.63) is 53.7 Å². The van der Waals surface area contributed by atoms with Gasteiger partial charge in [-0.3, -0.25) is 4.79 Å². The van der Waals surface area contributed by atoms with Gasteiger partial charge in [0.1, 0.15) is 5.82 Å². The molecular weight excluding hydrogens is 416 g/mol. The Hall–Kier alpha value is -2.93. The number of nitrogens with zero attached hydrogens (tertiary/aromatic N) is 2. The number of aromatic nitrogens is 1. The van der Waals surface area contributed by atoms with Crippen molar-refractivity contribution < 1.29 is 17.9 Å². The lowest BCUT2D eigenvalue weighted by Crippen LogP contribution is -2.45. The van der Waals surface area contributed by atoms with E-state index in [-0.39, 0.29) is 29.6 Å². The lowest BCUT2D eigenvalue weighted by Gasteiger charge is -2.36. The number of morpholine rings is 1. The summed E-state index contributed by atoms with van der Waals surface area (Å²) >= 11 is 0. The SMILES string of the molecule is C#CCNS(=O)(=O)c1ccc(C(=O)NCc2ccc(N3CC(C)OC(C)C3)nc2)cc1. The van der Waals surface area contributed by atoms with Crippen LogP contribution in [0.5, 0.6) is 0 Å². The molecule has 0 saturated carbocycles. The van der Waals surface area contributed by atoms with E-state index in [9.17, 15) is 13.2 Å². The number of hydrogen-bond donors (Lipinski definition) is 2. The highest BCUT2D eigenvalue weighted by atomic mass is 32.2. The monoisotopic (exact) mass is 442 g/mol. The first kappa shape index (κ1) is 22.7. The number of anilines is 1. The van der Waals surface area contributed by atoms with Gasteiger partial charge in [0, 0.05) is 31.4 Å². The Morgan fingerprint density at radius 1 is 1.19 bits per heavy atom. The molecule has 1 amide bonds. The number of sulfonamides is 1. The van der Waals surface area contributed by atoms with Gasteiger partial charge in [0.25, 0.3) is 5.91 Å². The van der Waals surface area contributed by atoms with Crippen molar-refractivity contribution in [3.8, 4) is 12.3 Å². The summed E-state index contributed by atoms with van der Waals surface area (Å²) in [4.78, 5) is 19.1. The predicted molar refractivity (Wildman–Crippen MR) is 118 cm³/mol. The number of amides is 1. The van der Waals surface area contributed by atoms with E-state index in [1.54, 1.807) is 6.20 Å². The predicted octanol–water partition coefficient (Wildman–Crippen LogP) is 1.54. The van der Waals surface area contributed by atoms with Crippen molar-refractivity contribution in [1.82, 2.24) is 15.0 Å². The largest absolute Gasteiger partial charge is 0.372 e. The molecular formula is C22H26N4O4S. The maximum Gasteiger partial charge on any atom is 0.251 e. The van der Waals surface area contributed by atoms with Crippen LogP contribution in [0.1, 0.15) is 29.8 Å². The quantitative estimate of drug-likeness (QED) is 0.631. The van der Waals surface area contributed by atoms with Crippen LogP contribution in [0.15, 0.2) is 47.5 Å². The summed E-state index contributed by atoms with van der Waals surface area (Å²) in [5, 5.41) is 2.82.